The monoisotopic (exact) mass is 386 g/mol. The van der Waals surface area contributed by atoms with E-state index < -0.39 is 0 Å². The van der Waals surface area contributed by atoms with Gasteiger partial charge in [0.25, 0.3) is 5.91 Å². The average molecular weight is 386 g/mol. The predicted octanol–water partition coefficient (Wildman–Crippen LogP) is 4.32. The molecule has 148 valence electrons. The maximum atomic E-state index is 12.7. The summed E-state index contributed by atoms with van der Waals surface area (Å²) < 4.78 is 5.61. The topological polar surface area (TPSA) is 41.6 Å². The number of likely N-dealkylation sites (N-methyl/N-ethyl adjacent to an activating group) is 1. The van der Waals surface area contributed by atoms with Crippen molar-refractivity contribution in [3.63, 3.8) is 0 Å². The summed E-state index contributed by atoms with van der Waals surface area (Å²) in [6, 6.07) is 24.4. The molecular formula is C25H26N2O2. The van der Waals surface area contributed by atoms with E-state index in [0.717, 1.165) is 29.9 Å². The summed E-state index contributed by atoms with van der Waals surface area (Å²) in [5, 5.41) is 3.09. The second kappa shape index (κ2) is 8.50. The number of hydrogen-bond acceptors (Lipinski definition) is 3. The van der Waals surface area contributed by atoms with Gasteiger partial charge < -0.3 is 15.0 Å². The molecular weight excluding hydrogens is 360 g/mol. The fourth-order valence-electron chi connectivity index (χ4n) is 3.75. The van der Waals surface area contributed by atoms with Gasteiger partial charge >= 0.3 is 0 Å². The lowest BCUT2D eigenvalue weighted by Gasteiger charge is -2.25. The van der Waals surface area contributed by atoms with Crippen LogP contribution in [0, 0.1) is 0 Å². The molecule has 1 aliphatic rings. The molecule has 0 radical (unpaired) electrons. The third-order valence-corrected chi connectivity index (χ3v) is 5.43. The third-order valence-electron chi connectivity index (χ3n) is 5.43. The molecule has 29 heavy (non-hydrogen) atoms. The van der Waals surface area contributed by atoms with Crippen molar-refractivity contribution < 1.29 is 9.53 Å². The molecule has 1 atom stereocenters. The Labute approximate surface area is 172 Å². The summed E-state index contributed by atoms with van der Waals surface area (Å²) in [6.07, 6.45) is 0.948. The molecule has 4 rings (SSSR count). The number of ether oxygens (including phenoxy) is 1. The van der Waals surface area contributed by atoms with Crippen LogP contribution in [0.1, 0.15) is 27.5 Å². The van der Waals surface area contributed by atoms with Crippen molar-refractivity contribution in [2.75, 3.05) is 27.2 Å². The Morgan fingerprint density at radius 2 is 1.72 bits per heavy atom. The molecule has 0 spiro atoms. The van der Waals surface area contributed by atoms with E-state index in [4.69, 9.17) is 4.74 Å². The molecule has 0 aliphatic carbocycles. The van der Waals surface area contributed by atoms with Crippen molar-refractivity contribution in [3.05, 3.63) is 89.5 Å². The Hall–Kier alpha value is -3.11. The van der Waals surface area contributed by atoms with Gasteiger partial charge in [-0.05, 0) is 54.5 Å². The maximum absolute atomic E-state index is 12.7. The van der Waals surface area contributed by atoms with E-state index >= 15 is 0 Å². The van der Waals surface area contributed by atoms with Crippen LogP contribution in [0.3, 0.4) is 0 Å². The molecule has 0 aromatic heterocycles. The zero-order valence-electron chi connectivity index (χ0n) is 16.9. The van der Waals surface area contributed by atoms with E-state index in [2.05, 4.69) is 34.5 Å². The van der Waals surface area contributed by atoms with Gasteiger partial charge in [0.15, 0.2) is 0 Å². The first-order valence-electron chi connectivity index (χ1n) is 9.97. The van der Waals surface area contributed by atoms with Crippen molar-refractivity contribution in [2.45, 2.75) is 12.5 Å². The highest BCUT2D eigenvalue weighted by Gasteiger charge is 2.19. The van der Waals surface area contributed by atoms with E-state index in [1.54, 1.807) is 0 Å². The van der Waals surface area contributed by atoms with Gasteiger partial charge in [-0.15, -0.1) is 0 Å². The molecule has 0 saturated heterocycles. The van der Waals surface area contributed by atoms with Crippen LogP contribution in [0.25, 0.3) is 11.1 Å². The number of amides is 1. The van der Waals surface area contributed by atoms with E-state index in [1.165, 1.54) is 11.1 Å². The number of benzene rings is 3. The normalized spacial score (nSPS) is 13.6. The van der Waals surface area contributed by atoms with Gasteiger partial charge in [0.05, 0.1) is 12.6 Å². The molecule has 3 aromatic rings. The molecule has 0 fully saturated rings. The van der Waals surface area contributed by atoms with Crippen LogP contribution >= 0.6 is 0 Å². The maximum Gasteiger partial charge on any atom is 0.251 e. The number of carbonyl (C=O) groups excluding carboxylic acids is 1. The van der Waals surface area contributed by atoms with E-state index in [9.17, 15) is 4.79 Å². The number of carbonyl (C=O) groups is 1. The second-order valence-corrected chi connectivity index (χ2v) is 7.60. The van der Waals surface area contributed by atoms with Crippen molar-refractivity contribution in [3.8, 4) is 16.9 Å². The highest BCUT2D eigenvalue weighted by atomic mass is 16.5. The van der Waals surface area contributed by atoms with Gasteiger partial charge in [-0.3, -0.25) is 4.79 Å². The SMILES string of the molecule is CN(C)C(CNC(=O)c1ccc(-c2ccccc2)cc1)c1ccc2c(c1)CCO2. The largest absolute Gasteiger partial charge is 0.493 e. The molecule has 1 amide bonds. The summed E-state index contributed by atoms with van der Waals surface area (Å²) in [5.41, 5.74) is 5.36. The highest BCUT2D eigenvalue weighted by Crippen LogP contribution is 2.29. The molecule has 4 heteroatoms. The summed E-state index contributed by atoms with van der Waals surface area (Å²) >= 11 is 0. The van der Waals surface area contributed by atoms with Crippen LogP contribution in [0.15, 0.2) is 72.8 Å². The van der Waals surface area contributed by atoms with Gasteiger partial charge in [0.2, 0.25) is 0 Å². The number of nitrogens with one attached hydrogen (secondary N) is 1. The minimum absolute atomic E-state index is 0.0547. The fraction of sp³-hybridized carbons (Fsp3) is 0.240. The first-order valence-corrected chi connectivity index (χ1v) is 9.97. The summed E-state index contributed by atoms with van der Waals surface area (Å²) in [6.45, 7) is 1.30. The first kappa shape index (κ1) is 19.2. The Kier molecular flexibility index (Phi) is 5.63. The summed E-state index contributed by atoms with van der Waals surface area (Å²) in [4.78, 5) is 14.8. The number of hydrogen-bond donors (Lipinski definition) is 1. The fourth-order valence-corrected chi connectivity index (χ4v) is 3.75. The second-order valence-electron chi connectivity index (χ2n) is 7.60. The first-order chi connectivity index (χ1) is 14.1. The van der Waals surface area contributed by atoms with E-state index in [1.807, 2.05) is 62.6 Å². The molecule has 3 aromatic carbocycles. The Morgan fingerprint density at radius 3 is 2.45 bits per heavy atom. The molecule has 0 saturated carbocycles. The van der Waals surface area contributed by atoms with Gasteiger partial charge in [-0.1, -0.05) is 54.6 Å². The lowest BCUT2D eigenvalue weighted by molar-refractivity contribution is 0.0942. The van der Waals surface area contributed by atoms with Gasteiger partial charge in [0, 0.05) is 18.5 Å². The molecule has 1 N–H and O–H groups in total. The van der Waals surface area contributed by atoms with Crippen molar-refractivity contribution in [2.24, 2.45) is 0 Å². The average Bonchev–Trinajstić information content (AvgIpc) is 3.22. The van der Waals surface area contributed by atoms with Crippen LogP contribution in [-0.4, -0.2) is 38.1 Å². The van der Waals surface area contributed by atoms with Crippen LogP contribution < -0.4 is 10.1 Å². The smallest absolute Gasteiger partial charge is 0.251 e. The van der Waals surface area contributed by atoms with Gasteiger partial charge in [-0.2, -0.15) is 0 Å². The number of rotatable bonds is 6. The molecule has 1 unspecified atom stereocenters. The molecule has 0 bridgehead atoms. The quantitative estimate of drug-likeness (QED) is 0.686. The molecule has 1 aliphatic heterocycles. The zero-order valence-corrected chi connectivity index (χ0v) is 16.9. The van der Waals surface area contributed by atoms with Gasteiger partial charge in [-0.25, -0.2) is 0 Å². The van der Waals surface area contributed by atoms with Crippen molar-refractivity contribution >= 4 is 5.91 Å². The Morgan fingerprint density at radius 1 is 1.00 bits per heavy atom. The van der Waals surface area contributed by atoms with E-state index in [-0.39, 0.29) is 11.9 Å². The van der Waals surface area contributed by atoms with Crippen molar-refractivity contribution in [1.29, 1.82) is 0 Å². The summed E-state index contributed by atoms with van der Waals surface area (Å²) in [5.74, 6) is 0.926. The zero-order chi connectivity index (χ0) is 20.2. The van der Waals surface area contributed by atoms with Crippen LogP contribution in [-0.2, 0) is 6.42 Å². The highest BCUT2D eigenvalue weighted by molar-refractivity contribution is 5.94. The van der Waals surface area contributed by atoms with Crippen LogP contribution in [0.2, 0.25) is 0 Å². The number of fused-ring (bicyclic) bond motifs is 1. The van der Waals surface area contributed by atoms with Crippen molar-refractivity contribution in [1.82, 2.24) is 10.2 Å². The Balaban J connectivity index is 1.43. The van der Waals surface area contributed by atoms with Crippen LogP contribution in [0.4, 0.5) is 0 Å². The minimum Gasteiger partial charge on any atom is -0.493 e. The van der Waals surface area contributed by atoms with E-state index in [0.29, 0.717) is 12.1 Å². The van der Waals surface area contributed by atoms with Gasteiger partial charge in [0.1, 0.15) is 5.75 Å². The Bertz CT molecular complexity index is 981. The predicted molar refractivity (Wildman–Crippen MR) is 116 cm³/mol. The lowest BCUT2D eigenvalue weighted by atomic mass is 10.0. The molecule has 4 nitrogen and oxygen atoms in total. The standard InChI is InChI=1S/C25H26N2O2/c1-27(2)23(21-12-13-24-22(16-21)14-15-29-24)17-26-25(28)20-10-8-19(9-11-20)18-6-4-3-5-7-18/h3-13,16,23H,14-15,17H2,1-2H3,(H,26,28). The van der Waals surface area contributed by atoms with Crippen LogP contribution in [0.5, 0.6) is 5.75 Å². The number of nitrogens with zero attached hydrogens (tertiary/aromatic N) is 1. The minimum atomic E-state index is -0.0547. The summed E-state index contributed by atoms with van der Waals surface area (Å²) in [7, 11) is 4.07. The molecule has 1 heterocycles. The third kappa shape index (κ3) is 4.33. The lowest BCUT2D eigenvalue weighted by Crippen LogP contribution is -2.34.